The molecule has 1 fully saturated rings. The van der Waals surface area contributed by atoms with Gasteiger partial charge in [-0.15, -0.1) is 0 Å². The van der Waals surface area contributed by atoms with Crippen LogP contribution in [0.3, 0.4) is 0 Å². The third-order valence-corrected chi connectivity index (χ3v) is 3.45. The molecule has 0 aliphatic carbocycles. The van der Waals surface area contributed by atoms with Crippen molar-refractivity contribution in [3.8, 4) is 0 Å². The third kappa shape index (κ3) is 2.67. The highest BCUT2D eigenvalue weighted by Crippen LogP contribution is 2.14. The molecule has 0 saturated carbocycles. The average molecular weight is 248 g/mol. The van der Waals surface area contributed by atoms with Crippen LogP contribution in [0, 0.1) is 0 Å². The number of hydrogen-bond acceptors (Lipinski definition) is 4. The molecule has 5 heteroatoms. The summed E-state index contributed by atoms with van der Waals surface area (Å²) in [6.07, 6.45) is 3.03. The average Bonchev–Trinajstić information content (AvgIpc) is 2.38. The summed E-state index contributed by atoms with van der Waals surface area (Å²) in [7, 11) is 0. The molecule has 18 heavy (non-hydrogen) atoms. The van der Waals surface area contributed by atoms with Gasteiger partial charge in [0, 0.05) is 37.9 Å². The Bertz CT molecular complexity index is 407. The molecule has 0 bridgehead atoms. The Morgan fingerprint density at radius 1 is 1.44 bits per heavy atom. The zero-order chi connectivity index (χ0) is 13.1. The standard InChI is InChI=1S/C13H20N4O/c1-10(2)16-6-7-17(11(3)8-16)13(18)12-4-5-14-9-15-12/h4-5,9-11H,6-8H2,1-3H3/t11-/m0/s1. The lowest BCUT2D eigenvalue weighted by Gasteiger charge is -2.41. The number of piperazine rings is 1. The Morgan fingerprint density at radius 2 is 2.22 bits per heavy atom. The molecule has 0 N–H and O–H groups in total. The van der Waals surface area contributed by atoms with E-state index in [0.29, 0.717) is 11.7 Å². The minimum atomic E-state index is 0.00769. The van der Waals surface area contributed by atoms with Gasteiger partial charge in [0.25, 0.3) is 5.91 Å². The van der Waals surface area contributed by atoms with Gasteiger partial charge < -0.3 is 4.90 Å². The van der Waals surface area contributed by atoms with Crippen molar-refractivity contribution in [2.75, 3.05) is 19.6 Å². The highest BCUT2D eigenvalue weighted by atomic mass is 16.2. The topological polar surface area (TPSA) is 49.3 Å². The first-order valence-electron chi connectivity index (χ1n) is 6.40. The fourth-order valence-corrected chi connectivity index (χ4v) is 2.32. The Kier molecular flexibility index (Phi) is 3.91. The number of rotatable bonds is 2. The quantitative estimate of drug-likeness (QED) is 0.784. The molecule has 1 saturated heterocycles. The van der Waals surface area contributed by atoms with E-state index >= 15 is 0 Å². The summed E-state index contributed by atoms with van der Waals surface area (Å²) < 4.78 is 0. The number of nitrogens with zero attached hydrogens (tertiary/aromatic N) is 4. The van der Waals surface area contributed by atoms with Gasteiger partial charge in [0.05, 0.1) is 0 Å². The molecule has 1 amide bonds. The maximum atomic E-state index is 12.3. The van der Waals surface area contributed by atoms with Gasteiger partial charge in [0.2, 0.25) is 0 Å². The highest BCUT2D eigenvalue weighted by Gasteiger charge is 2.29. The lowest BCUT2D eigenvalue weighted by molar-refractivity contribution is 0.0420. The second-order valence-corrected chi connectivity index (χ2v) is 5.03. The fraction of sp³-hybridized carbons (Fsp3) is 0.615. The van der Waals surface area contributed by atoms with Gasteiger partial charge in [-0.05, 0) is 26.8 Å². The van der Waals surface area contributed by atoms with Crippen molar-refractivity contribution in [2.24, 2.45) is 0 Å². The number of amides is 1. The second-order valence-electron chi connectivity index (χ2n) is 5.03. The lowest BCUT2D eigenvalue weighted by Crippen LogP contribution is -2.55. The van der Waals surface area contributed by atoms with Crippen LogP contribution in [0.25, 0.3) is 0 Å². The van der Waals surface area contributed by atoms with Crippen molar-refractivity contribution in [2.45, 2.75) is 32.9 Å². The molecule has 1 aromatic rings. The van der Waals surface area contributed by atoms with Gasteiger partial charge in [-0.2, -0.15) is 0 Å². The van der Waals surface area contributed by atoms with Gasteiger partial charge in [-0.25, -0.2) is 9.97 Å². The van der Waals surface area contributed by atoms with Crippen LogP contribution in [-0.4, -0.2) is 57.4 Å². The summed E-state index contributed by atoms with van der Waals surface area (Å²) in [6.45, 7) is 9.09. The normalized spacial score (nSPS) is 21.3. The molecule has 0 unspecified atom stereocenters. The van der Waals surface area contributed by atoms with E-state index in [1.165, 1.54) is 6.33 Å². The first-order valence-corrected chi connectivity index (χ1v) is 6.40. The van der Waals surface area contributed by atoms with Crippen molar-refractivity contribution in [1.82, 2.24) is 19.8 Å². The second kappa shape index (κ2) is 5.44. The smallest absolute Gasteiger partial charge is 0.272 e. The van der Waals surface area contributed by atoms with E-state index in [9.17, 15) is 4.79 Å². The van der Waals surface area contributed by atoms with E-state index in [0.717, 1.165) is 19.6 Å². The Balaban J connectivity index is 2.05. The molecular weight excluding hydrogens is 228 g/mol. The zero-order valence-electron chi connectivity index (χ0n) is 11.2. The van der Waals surface area contributed by atoms with Crippen LogP contribution in [0.1, 0.15) is 31.3 Å². The summed E-state index contributed by atoms with van der Waals surface area (Å²) in [5.41, 5.74) is 0.481. The van der Waals surface area contributed by atoms with Crippen LogP contribution >= 0.6 is 0 Å². The van der Waals surface area contributed by atoms with Gasteiger partial charge in [0.15, 0.2) is 0 Å². The maximum Gasteiger partial charge on any atom is 0.272 e. The van der Waals surface area contributed by atoms with Crippen molar-refractivity contribution in [3.05, 3.63) is 24.3 Å². The predicted molar refractivity (Wildman–Crippen MR) is 69.2 cm³/mol. The Hall–Kier alpha value is -1.49. The largest absolute Gasteiger partial charge is 0.332 e. The molecule has 5 nitrogen and oxygen atoms in total. The number of carbonyl (C=O) groups excluding carboxylic acids is 1. The molecule has 2 heterocycles. The molecule has 0 radical (unpaired) electrons. The molecule has 0 aromatic carbocycles. The number of aromatic nitrogens is 2. The van der Waals surface area contributed by atoms with E-state index in [2.05, 4.69) is 35.6 Å². The molecule has 2 rings (SSSR count). The van der Waals surface area contributed by atoms with Crippen LogP contribution in [0.5, 0.6) is 0 Å². The van der Waals surface area contributed by atoms with E-state index in [1.807, 2.05) is 4.90 Å². The van der Waals surface area contributed by atoms with Crippen molar-refractivity contribution >= 4 is 5.91 Å². The summed E-state index contributed by atoms with van der Waals surface area (Å²) in [4.78, 5) is 24.5. The van der Waals surface area contributed by atoms with E-state index in [-0.39, 0.29) is 11.9 Å². The molecule has 1 aromatic heterocycles. The Morgan fingerprint density at radius 3 is 2.78 bits per heavy atom. The van der Waals surface area contributed by atoms with Crippen LogP contribution in [-0.2, 0) is 0 Å². The van der Waals surface area contributed by atoms with Crippen LogP contribution in [0.4, 0.5) is 0 Å². The maximum absolute atomic E-state index is 12.3. The zero-order valence-corrected chi connectivity index (χ0v) is 11.2. The highest BCUT2D eigenvalue weighted by molar-refractivity contribution is 5.92. The summed E-state index contributed by atoms with van der Waals surface area (Å²) >= 11 is 0. The van der Waals surface area contributed by atoms with Gasteiger partial charge >= 0.3 is 0 Å². The molecule has 1 atom stereocenters. The van der Waals surface area contributed by atoms with Crippen molar-refractivity contribution in [3.63, 3.8) is 0 Å². The minimum Gasteiger partial charge on any atom is -0.332 e. The first-order chi connectivity index (χ1) is 8.59. The van der Waals surface area contributed by atoms with Gasteiger partial charge in [0.1, 0.15) is 12.0 Å². The molecule has 1 aliphatic heterocycles. The number of carbonyl (C=O) groups is 1. The number of hydrogen-bond donors (Lipinski definition) is 0. The fourth-order valence-electron chi connectivity index (χ4n) is 2.32. The van der Waals surface area contributed by atoms with E-state index < -0.39 is 0 Å². The molecule has 0 spiro atoms. The summed E-state index contributed by atoms with van der Waals surface area (Å²) in [5, 5.41) is 0. The summed E-state index contributed by atoms with van der Waals surface area (Å²) in [5.74, 6) is 0.00769. The van der Waals surface area contributed by atoms with Gasteiger partial charge in [-0.1, -0.05) is 0 Å². The SMILES string of the molecule is CC(C)N1CCN(C(=O)c2ccncn2)[C@@H](C)C1. The van der Waals surface area contributed by atoms with Gasteiger partial charge in [-0.3, -0.25) is 9.69 Å². The van der Waals surface area contributed by atoms with Crippen LogP contribution in [0.15, 0.2) is 18.6 Å². The molecule has 1 aliphatic rings. The van der Waals surface area contributed by atoms with E-state index in [1.54, 1.807) is 12.3 Å². The first kappa shape index (κ1) is 13.0. The summed E-state index contributed by atoms with van der Waals surface area (Å²) in [6, 6.07) is 2.43. The lowest BCUT2D eigenvalue weighted by atomic mass is 10.1. The third-order valence-electron chi connectivity index (χ3n) is 3.45. The molecule has 98 valence electrons. The van der Waals surface area contributed by atoms with Crippen molar-refractivity contribution in [1.29, 1.82) is 0 Å². The Labute approximate surface area is 108 Å². The van der Waals surface area contributed by atoms with E-state index in [4.69, 9.17) is 0 Å². The van der Waals surface area contributed by atoms with Crippen LogP contribution in [0.2, 0.25) is 0 Å². The predicted octanol–water partition coefficient (Wildman–Crippen LogP) is 1.03. The van der Waals surface area contributed by atoms with Crippen molar-refractivity contribution < 1.29 is 4.79 Å². The minimum absolute atomic E-state index is 0.00769. The molecular formula is C13H20N4O. The monoisotopic (exact) mass is 248 g/mol. The van der Waals surface area contributed by atoms with Crippen LogP contribution < -0.4 is 0 Å².